The number of nitrogens with one attached hydrogen (secondary N) is 1. The van der Waals surface area contributed by atoms with Crippen LogP contribution in [-0.2, 0) is 0 Å². The van der Waals surface area contributed by atoms with E-state index in [1.54, 1.807) is 6.92 Å². The van der Waals surface area contributed by atoms with Crippen LogP contribution in [0.15, 0.2) is 0 Å². The molecule has 1 heterocycles. The summed E-state index contributed by atoms with van der Waals surface area (Å²) < 4.78 is 0. The Bertz CT molecular complexity index is 571. The van der Waals surface area contributed by atoms with Crippen molar-refractivity contribution in [1.29, 1.82) is 0 Å². The third-order valence-electron chi connectivity index (χ3n) is 4.46. The van der Waals surface area contributed by atoms with E-state index >= 15 is 0 Å². The predicted molar refractivity (Wildman–Crippen MR) is 98.8 cm³/mol. The lowest BCUT2D eigenvalue weighted by Gasteiger charge is -2.28. The molecule has 136 valence electrons. The fourth-order valence-electron chi connectivity index (χ4n) is 3.17. The Labute approximate surface area is 146 Å². The van der Waals surface area contributed by atoms with Crippen molar-refractivity contribution in [3.05, 3.63) is 22.5 Å². The molecule has 0 saturated heterocycles. The molecule has 0 atom stereocenters. The molecule has 0 aliphatic heterocycles. The number of aromatic amines is 1. The molecule has 1 N–H and O–H groups in total. The molecule has 0 radical (unpaired) electrons. The van der Waals surface area contributed by atoms with Gasteiger partial charge in [0, 0.05) is 30.9 Å². The van der Waals surface area contributed by atoms with Crippen molar-refractivity contribution in [2.24, 2.45) is 5.92 Å². The molecule has 0 saturated carbocycles. The lowest BCUT2D eigenvalue weighted by Crippen LogP contribution is -2.41. The quantitative estimate of drug-likeness (QED) is 0.705. The van der Waals surface area contributed by atoms with Crippen molar-refractivity contribution >= 4 is 11.7 Å². The van der Waals surface area contributed by atoms with Gasteiger partial charge in [0.15, 0.2) is 5.78 Å². The number of Topliss-reactive ketones (excluding diaryl/α,β-unsaturated/α-hetero) is 1. The van der Waals surface area contributed by atoms with Gasteiger partial charge >= 0.3 is 0 Å². The highest BCUT2D eigenvalue weighted by molar-refractivity contribution is 6.02. The van der Waals surface area contributed by atoms with E-state index < -0.39 is 0 Å². The average molecular weight is 335 g/mol. The minimum atomic E-state index is -0.0102. The number of likely N-dealkylation sites (N-methyl/N-ethyl adjacent to an activating group) is 1. The summed E-state index contributed by atoms with van der Waals surface area (Å²) in [7, 11) is 0. The predicted octanol–water partition coefficient (Wildman–Crippen LogP) is 3.27. The molecule has 0 aliphatic rings. The number of carbonyl (C=O) groups excluding carboxylic acids is 2. The van der Waals surface area contributed by atoms with Gasteiger partial charge in [0.25, 0.3) is 5.91 Å². The van der Waals surface area contributed by atoms with E-state index in [4.69, 9.17) is 0 Å². The smallest absolute Gasteiger partial charge is 0.270 e. The third kappa shape index (κ3) is 4.94. The van der Waals surface area contributed by atoms with E-state index in [0.717, 1.165) is 30.9 Å². The first-order chi connectivity index (χ1) is 11.2. The molecule has 0 bridgehead atoms. The van der Waals surface area contributed by atoms with E-state index in [2.05, 4.69) is 37.6 Å². The largest absolute Gasteiger partial charge is 0.354 e. The number of carbonyl (C=O) groups is 2. The standard InChI is InChI=1S/C19H33N3O2/c1-8-21(9-2)10-11-22(12-13(3)4)19(24)18-14(5)17(16(7)23)15(6)20-18/h13,20H,8-12H2,1-7H3. The van der Waals surface area contributed by atoms with Crippen molar-refractivity contribution < 1.29 is 9.59 Å². The van der Waals surface area contributed by atoms with Crippen molar-refractivity contribution in [1.82, 2.24) is 14.8 Å². The van der Waals surface area contributed by atoms with Crippen molar-refractivity contribution in [3.63, 3.8) is 0 Å². The molecule has 24 heavy (non-hydrogen) atoms. The second-order valence-electron chi connectivity index (χ2n) is 6.85. The Kier molecular flexibility index (Phi) is 7.67. The Morgan fingerprint density at radius 1 is 1.08 bits per heavy atom. The van der Waals surface area contributed by atoms with Gasteiger partial charge in [0.1, 0.15) is 5.69 Å². The highest BCUT2D eigenvalue weighted by Gasteiger charge is 2.24. The number of H-pyrrole nitrogens is 1. The number of aryl methyl sites for hydroxylation is 1. The summed E-state index contributed by atoms with van der Waals surface area (Å²) in [5.74, 6) is 0.386. The summed E-state index contributed by atoms with van der Waals surface area (Å²) in [5.41, 5.74) is 2.74. The van der Waals surface area contributed by atoms with Crippen LogP contribution < -0.4 is 0 Å². The van der Waals surface area contributed by atoms with Crippen LogP contribution in [0.1, 0.15) is 66.7 Å². The number of ketones is 1. The second kappa shape index (κ2) is 9.02. The summed E-state index contributed by atoms with van der Waals surface area (Å²) in [5, 5.41) is 0. The van der Waals surface area contributed by atoms with Crippen LogP contribution in [0.3, 0.4) is 0 Å². The molecule has 0 spiro atoms. The fraction of sp³-hybridized carbons (Fsp3) is 0.684. The molecule has 0 aliphatic carbocycles. The van der Waals surface area contributed by atoms with Crippen LogP contribution in [0.2, 0.25) is 0 Å². The molecular weight excluding hydrogens is 302 g/mol. The van der Waals surface area contributed by atoms with E-state index in [0.29, 0.717) is 30.3 Å². The van der Waals surface area contributed by atoms with Gasteiger partial charge in [-0.2, -0.15) is 0 Å². The number of nitrogens with zero attached hydrogens (tertiary/aromatic N) is 2. The number of amides is 1. The maximum atomic E-state index is 13.0. The van der Waals surface area contributed by atoms with E-state index in [9.17, 15) is 9.59 Å². The van der Waals surface area contributed by atoms with Crippen molar-refractivity contribution in [2.45, 2.75) is 48.5 Å². The first-order valence-corrected chi connectivity index (χ1v) is 8.94. The maximum Gasteiger partial charge on any atom is 0.270 e. The summed E-state index contributed by atoms with van der Waals surface area (Å²) in [6, 6.07) is 0. The Morgan fingerprint density at radius 2 is 1.67 bits per heavy atom. The lowest BCUT2D eigenvalue weighted by molar-refractivity contribution is 0.0710. The zero-order valence-electron chi connectivity index (χ0n) is 16.3. The van der Waals surface area contributed by atoms with Crippen molar-refractivity contribution in [2.75, 3.05) is 32.7 Å². The molecular formula is C19H33N3O2. The molecule has 5 nitrogen and oxygen atoms in total. The summed E-state index contributed by atoms with van der Waals surface area (Å²) in [6.45, 7) is 18.0. The number of aromatic nitrogens is 1. The third-order valence-corrected chi connectivity index (χ3v) is 4.46. The van der Waals surface area contributed by atoms with Gasteiger partial charge in [-0.1, -0.05) is 27.7 Å². The minimum Gasteiger partial charge on any atom is -0.354 e. The van der Waals surface area contributed by atoms with Crippen LogP contribution >= 0.6 is 0 Å². The van der Waals surface area contributed by atoms with Crippen molar-refractivity contribution in [3.8, 4) is 0 Å². The summed E-state index contributed by atoms with van der Waals surface area (Å²) >= 11 is 0. The van der Waals surface area contributed by atoms with Crippen LogP contribution in [-0.4, -0.2) is 59.2 Å². The normalized spacial score (nSPS) is 11.4. The van der Waals surface area contributed by atoms with E-state index in [-0.39, 0.29) is 11.7 Å². The number of hydrogen-bond acceptors (Lipinski definition) is 3. The van der Waals surface area contributed by atoms with Crippen LogP contribution in [0.25, 0.3) is 0 Å². The van der Waals surface area contributed by atoms with Gasteiger partial charge in [0.05, 0.1) is 0 Å². The van der Waals surface area contributed by atoms with Gasteiger partial charge in [-0.05, 0) is 45.3 Å². The molecule has 1 aromatic heterocycles. The van der Waals surface area contributed by atoms with Crippen LogP contribution in [0.4, 0.5) is 0 Å². The first-order valence-electron chi connectivity index (χ1n) is 8.94. The average Bonchev–Trinajstić information content (AvgIpc) is 2.80. The second-order valence-corrected chi connectivity index (χ2v) is 6.85. The molecule has 1 aromatic rings. The Morgan fingerprint density at radius 3 is 2.08 bits per heavy atom. The van der Waals surface area contributed by atoms with E-state index in [1.165, 1.54) is 0 Å². The summed E-state index contributed by atoms with van der Waals surface area (Å²) in [6.07, 6.45) is 0. The molecule has 1 amide bonds. The van der Waals surface area contributed by atoms with Crippen LogP contribution in [0, 0.1) is 19.8 Å². The summed E-state index contributed by atoms with van der Waals surface area (Å²) in [4.78, 5) is 32.2. The van der Waals surface area contributed by atoms with Gasteiger partial charge in [-0.15, -0.1) is 0 Å². The zero-order chi connectivity index (χ0) is 18.4. The number of rotatable bonds is 9. The number of hydrogen-bond donors (Lipinski definition) is 1. The van der Waals surface area contributed by atoms with Gasteiger partial charge in [-0.3, -0.25) is 9.59 Å². The molecule has 0 fully saturated rings. The van der Waals surface area contributed by atoms with Gasteiger partial charge in [-0.25, -0.2) is 0 Å². The molecule has 0 unspecified atom stereocenters. The minimum absolute atomic E-state index is 0.00106. The topological polar surface area (TPSA) is 56.4 Å². The molecule has 1 rings (SSSR count). The monoisotopic (exact) mass is 335 g/mol. The lowest BCUT2D eigenvalue weighted by atomic mass is 10.1. The highest BCUT2D eigenvalue weighted by atomic mass is 16.2. The highest BCUT2D eigenvalue weighted by Crippen LogP contribution is 2.20. The van der Waals surface area contributed by atoms with E-state index in [1.807, 2.05) is 18.7 Å². The van der Waals surface area contributed by atoms with Gasteiger partial charge < -0.3 is 14.8 Å². The van der Waals surface area contributed by atoms with Crippen LogP contribution in [0.5, 0.6) is 0 Å². The SMILES string of the molecule is CCN(CC)CCN(CC(C)C)C(=O)c1[nH]c(C)c(C(C)=O)c1C. The van der Waals surface area contributed by atoms with Gasteiger partial charge in [0.2, 0.25) is 0 Å². The fourth-order valence-corrected chi connectivity index (χ4v) is 3.17. The Balaban J connectivity index is 3.04. The molecule has 5 heteroatoms. The Hall–Kier alpha value is -1.62. The first kappa shape index (κ1) is 20.4. The molecule has 0 aromatic carbocycles. The zero-order valence-corrected chi connectivity index (χ0v) is 16.3. The maximum absolute atomic E-state index is 13.0.